The lowest BCUT2D eigenvalue weighted by atomic mass is 9.96. The third kappa shape index (κ3) is 4.56. The number of hydrogen-bond acceptors (Lipinski definition) is 3. The standard InChI is InChI=1S/C14H19N3O/c1-14(2,9-15)10-17-13(18)8-12(16)11-6-4-3-5-7-11/h3-7,12H,8,10,16H2,1-2H3,(H,17,18). The molecule has 4 heteroatoms. The Morgan fingerprint density at radius 2 is 2.06 bits per heavy atom. The number of carbonyl (C=O) groups is 1. The van der Waals surface area contributed by atoms with Gasteiger partial charge >= 0.3 is 0 Å². The van der Waals surface area contributed by atoms with Crippen molar-refractivity contribution in [2.75, 3.05) is 6.54 Å². The molecule has 1 amide bonds. The third-order valence-electron chi connectivity index (χ3n) is 2.66. The van der Waals surface area contributed by atoms with Crippen LogP contribution < -0.4 is 11.1 Å². The van der Waals surface area contributed by atoms with Crippen LogP contribution in [0.5, 0.6) is 0 Å². The molecule has 0 fully saturated rings. The van der Waals surface area contributed by atoms with E-state index in [4.69, 9.17) is 11.0 Å². The van der Waals surface area contributed by atoms with Crippen LogP contribution in [0.25, 0.3) is 0 Å². The molecule has 0 spiro atoms. The molecule has 0 aromatic heterocycles. The fourth-order valence-corrected chi connectivity index (χ4v) is 1.45. The summed E-state index contributed by atoms with van der Waals surface area (Å²) in [7, 11) is 0. The fourth-order valence-electron chi connectivity index (χ4n) is 1.45. The third-order valence-corrected chi connectivity index (χ3v) is 2.66. The van der Waals surface area contributed by atoms with E-state index < -0.39 is 5.41 Å². The molecule has 4 nitrogen and oxygen atoms in total. The first-order chi connectivity index (χ1) is 8.44. The maximum atomic E-state index is 11.7. The maximum Gasteiger partial charge on any atom is 0.221 e. The van der Waals surface area contributed by atoms with Gasteiger partial charge in [-0.05, 0) is 19.4 Å². The number of carbonyl (C=O) groups excluding carboxylic acids is 1. The van der Waals surface area contributed by atoms with Crippen LogP contribution in [0.1, 0.15) is 31.9 Å². The first kappa shape index (κ1) is 14.2. The lowest BCUT2D eigenvalue weighted by molar-refractivity contribution is -0.121. The number of benzene rings is 1. The van der Waals surface area contributed by atoms with Gasteiger partial charge in [-0.2, -0.15) is 5.26 Å². The van der Waals surface area contributed by atoms with Gasteiger partial charge in [0.05, 0.1) is 11.5 Å². The molecule has 0 saturated heterocycles. The van der Waals surface area contributed by atoms with E-state index in [0.29, 0.717) is 6.54 Å². The second-order valence-corrected chi connectivity index (χ2v) is 4.99. The molecule has 0 heterocycles. The molecule has 96 valence electrons. The van der Waals surface area contributed by atoms with Crippen molar-refractivity contribution in [3.05, 3.63) is 35.9 Å². The summed E-state index contributed by atoms with van der Waals surface area (Å²) in [5.74, 6) is -0.130. The van der Waals surface area contributed by atoms with E-state index >= 15 is 0 Å². The van der Waals surface area contributed by atoms with Crippen LogP contribution in [0, 0.1) is 16.7 Å². The van der Waals surface area contributed by atoms with Crippen molar-refractivity contribution in [2.24, 2.45) is 11.1 Å². The summed E-state index contributed by atoms with van der Waals surface area (Å²) in [5, 5.41) is 11.6. The number of nitrogens with two attached hydrogens (primary N) is 1. The monoisotopic (exact) mass is 245 g/mol. The number of nitrogens with one attached hydrogen (secondary N) is 1. The van der Waals surface area contributed by atoms with Crippen LogP contribution in [-0.2, 0) is 4.79 Å². The Morgan fingerprint density at radius 1 is 1.44 bits per heavy atom. The van der Waals surface area contributed by atoms with Gasteiger partial charge in [-0.3, -0.25) is 4.79 Å². The van der Waals surface area contributed by atoms with E-state index in [1.54, 1.807) is 13.8 Å². The zero-order chi connectivity index (χ0) is 13.6. The molecule has 1 unspecified atom stereocenters. The van der Waals surface area contributed by atoms with Gasteiger partial charge in [0.15, 0.2) is 0 Å². The molecule has 0 radical (unpaired) electrons. The minimum Gasteiger partial charge on any atom is -0.354 e. The molecule has 18 heavy (non-hydrogen) atoms. The fraction of sp³-hybridized carbons (Fsp3) is 0.429. The Kier molecular flexibility index (Phi) is 4.87. The highest BCUT2D eigenvalue weighted by atomic mass is 16.1. The number of amides is 1. The normalized spacial score (nSPS) is 12.6. The number of hydrogen-bond donors (Lipinski definition) is 2. The van der Waals surface area contributed by atoms with Crippen molar-refractivity contribution in [1.82, 2.24) is 5.32 Å². The van der Waals surface area contributed by atoms with E-state index in [1.165, 1.54) is 0 Å². The molecule has 0 aliphatic heterocycles. The van der Waals surface area contributed by atoms with Gasteiger partial charge in [0.2, 0.25) is 5.91 Å². The van der Waals surface area contributed by atoms with Crippen LogP contribution in [0.3, 0.4) is 0 Å². The first-order valence-electron chi connectivity index (χ1n) is 5.93. The summed E-state index contributed by atoms with van der Waals surface area (Å²) in [4.78, 5) is 11.7. The zero-order valence-electron chi connectivity index (χ0n) is 10.8. The Bertz CT molecular complexity index is 434. The molecule has 0 bridgehead atoms. The topological polar surface area (TPSA) is 78.9 Å². The number of nitrogens with zero attached hydrogens (tertiary/aromatic N) is 1. The minimum absolute atomic E-state index is 0.130. The molecule has 0 saturated carbocycles. The van der Waals surface area contributed by atoms with Gasteiger partial charge in [-0.15, -0.1) is 0 Å². The van der Waals surface area contributed by atoms with Gasteiger partial charge in [-0.1, -0.05) is 30.3 Å². The number of nitriles is 1. The SMILES string of the molecule is CC(C)(C#N)CNC(=O)CC(N)c1ccccc1. The second kappa shape index (κ2) is 6.18. The van der Waals surface area contributed by atoms with E-state index in [-0.39, 0.29) is 18.4 Å². The average molecular weight is 245 g/mol. The highest BCUT2D eigenvalue weighted by molar-refractivity contribution is 5.76. The highest BCUT2D eigenvalue weighted by Gasteiger charge is 2.18. The van der Waals surface area contributed by atoms with Gasteiger partial charge in [0, 0.05) is 19.0 Å². The maximum absolute atomic E-state index is 11.7. The highest BCUT2D eigenvalue weighted by Crippen LogP contribution is 2.14. The average Bonchev–Trinajstić information content (AvgIpc) is 2.37. The summed E-state index contributed by atoms with van der Waals surface area (Å²) >= 11 is 0. The molecule has 1 rings (SSSR count). The second-order valence-electron chi connectivity index (χ2n) is 4.99. The van der Waals surface area contributed by atoms with Gasteiger partial charge in [0.1, 0.15) is 0 Å². The minimum atomic E-state index is -0.549. The van der Waals surface area contributed by atoms with E-state index in [2.05, 4.69) is 11.4 Å². The van der Waals surface area contributed by atoms with Gasteiger partial charge in [0.25, 0.3) is 0 Å². The van der Waals surface area contributed by atoms with Crippen LogP contribution in [-0.4, -0.2) is 12.5 Å². The van der Waals surface area contributed by atoms with E-state index in [0.717, 1.165) is 5.56 Å². The largest absolute Gasteiger partial charge is 0.354 e. The quantitative estimate of drug-likeness (QED) is 0.829. The summed E-state index contributed by atoms with van der Waals surface area (Å²) in [5.41, 5.74) is 6.33. The summed E-state index contributed by atoms with van der Waals surface area (Å²) in [6.45, 7) is 3.90. The van der Waals surface area contributed by atoms with E-state index in [9.17, 15) is 4.79 Å². The predicted molar refractivity (Wildman–Crippen MR) is 70.4 cm³/mol. The summed E-state index contributed by atoms with van der Waals surface area (Å²) in [6, 6.07) is 11.3. The van der Waals surface area contributed by atoms with Crippen LogP contribution in [0.4, 0.5) is 0 Å². The smallest absolute Gasteiger partial charge is 0.221 e. The van der Waals surface area contributed by atoms with Gasteiger partial charge in [-0.25, -0.2) is 0 Å². The lowest BCUT2D eigenvalue weighted by Crippen LogP contribution is -2.34. The van der Waals surface area contributed by atoms with Crippen molar-refractivity contribution < 1.29 is 4.79 Å². The lowest BCUT2D eigenvalue weighted by Gasteiger charge is -2.17. The molecule has 1 aromatic rings. The van der Waals surface area contributed by atoms with Crippen molar-refractivity contribution in [3.8, 4) is 6.07 Å². The van der Waals surface area contributed by atoms with Gasteiger partial charge < -0.3 is 11.1 Å². The molecule has 1 aromatic carbocycles. The molecular formula is C14H19N3O. The summed E-state index contributed by atoms with van der Waals surface area (Å²) < 4.78 is 0. The summed E-state index contributed by atoms with van der Waals surface area (Å²) in [6.07, 6.45) is 0.228. The van der Waals surface area contributed by atoms with Crippen molar-refractivity contribution in [2.45, 2.75) is 26.3 Å². The van der Waals surface area contributed by atoms with Crippen molar-refractivity contribution >= 4 is 5.91 Å². The Labute approximate surface area is 108 Å². The molecule has 1 atom stereocenters. The van der Waals surface area contributed by atoms with E-state index in [1.807, 2.05) is 30.3 Å². The molecule has 0 aliphatic carbocycles. The zero-order valence-corrected chi connectivity index (χ0v) is 10.8. The Morgan fingerprint density at radius 3 is 2.61 bits per heavy atom. The Hall–Kier alpha value is -1.86. The molecule has 3 N–H and O–H groups in total. The number of rotatable bonds is 5. The van der Waals surface area contributed by atoms with Crippen molar-refractivity contribution in [1.29, 1.82) is 5.26 Å². The van der Waals surface area contributed by atoms with Crippen molar-refractivity contribution in [3.63, 3.8) is 0 Å². The molecular weight excluding hydrogens is 226 g/mol. The first-order valence-corrected chi connectivity index (χ1v) is 5.93. The van der Waals surface area contributed by atoms with Crippen LogP contribution >= 0.6 is 0 Å². The predicted octanol–water partition coefficient (Wildman–Crippen LogP) is 1.74. The molecule has 0 aliphatic rings. The Balaban J connectivity index is 2.44. The van der Waals surface area contributed by atoms with Crippen LogP contribution in [0.15, 0.2) is 30.3 Å². The van der Waals surface area contributed by atoms with Crippen LogP contribution in [0.2, 0.25) is 0 Å².